The predicted molar refractivity (Wildman–Crippen MR) is 108 cm³/mol. The molecule has 0 aliphatic rings. The van der Waals surface area contributed by atoms with Crippen molar-refractivity contribution in [1.82, 2.24) is 10.3 Å². The minimum absolute atomic E-state index is 0.0258. The Morgan fingerprint density at radius 2 is 1.78 bits per heavy atom. The summed E-state index contributed by atoms with van der Waals surface area (Å²) in [6.07, 6.45) is 0. The number of nitrogens with one attached hydrogen (secondary N) is 3. The predicted octanol–water partition coefficient (Wildman–Crippen LogP) is 3.69. The fourth-order valence-corrected chi connectivity index (χ4v) is 4.65. The number of carbonyl (C=O) groups is 1. The Labute approximate surface area is 158 Å². The van der Waals surface area contributed by atoms with Gasteiger partial charge in [0.25, 0.3) is 0 Å². The summed E-state index contributed by atoms with van der Waals surface area (Å²) in [6, 6.07) is 12.5. The first kappa shape index (κ1) is 19.0. The highest BCUT2D eigenvalue weighted by molar-refractivity contribution is 7.91. The van der Waals surface area contributed by atoms with E-state index < -0.39 is 15.9 Å². The maximum Gasteiger partial charge on any atom is 0.319 e. The van der Waals surface area contributed by atoms with Crippen LogP contribution in [0.4, 0.5) is 10.5 Å². The molecule has 0 bridgehead atoms. The molecule has 0 saturated heterocycles. The number of sulfone groups is 1. The minimum atomic E-state index is -3.53. The van der Waals surface area contributed by atoms with E-state index in [1.165, 1.54) is 0 Å². The summed E-state index contributed by atoms with van der Waals surface area (Å²) in [5.41, 5.74) is 4.28. The highest BCUT2D eigenvalue weighted by Crippen LogP contribution is 2.27. The van der Waals surface area contributed by atoms with Gasteiger partial charge < -0.3 is 15.6 Å². The van der Waals surface area contributed by atoms with Crippen molar-refractivity contribution in [3.05, 3.63) is 59.3 Å². The maximum absolute atomic E-state index is 12.8. The number of aromatic amines is 1. The summed E-state index contributed by atoms with van der Waals surface area (Å²) < 4.78 is 25.5. The summed E-state index contributed by atoms with van der Waals surface area (Å²) in [5.74, 6) is -0.171. The number of anilines is 1. The van der Waals surface area contributed by atoms with Gasteiger partial charge in [0.05, 0.1) is 10.6 Å². The molecule has 2 aromatic carbocycles. The van der Waals surface area contributed by atoms with Crippen molar-refractivity contribution in [2.24, 2.45) is 0 Å². The highest BCUT2D eigenvalue weighted by atomic mass is 32.2. The zero-order chi connectivity index (χ0) is 19.6. The fraction of sp³-hybridized carbons (Fsp3) is 0.250. The molecule has 2 amide bonds. The van der Waals surface area contributed by atoms with E-state index in [4.69, 9.17) is 0 Å². The summed E-state index contributed by atoms with van der Waals surface area (Å²) in [6.45, 7) is 5.73. The Bertz CT molecular complexity index is 1100. The van der Waals surface area contributed by atoms with Gasteiger partial charge in [-0.1, -0.05) is 24.3 Å². The van der Waals surface area contributed by atoms with Crippen molar-refractivity contribution in [1.29, 1.82) is 0 Å². The van der Waals surface area contributed by atoms with Crippen LogP contribution in [-0.2, 0) is 9.84 Å². The van der Waals surface area contributed by atoms with E-state index in [1.54, 1.807) is 13.0 Å². The normalized spacial score (nSPS) is 11.5. The molecule has 3 N–H and O–H groups in total. The number of rotatable bonds is 5. The van der Waals surface area contributed by atoms with Gasteiger partial charge in [0, 0.05) is 28.8 Å². The van der Waals surface area contributed by atoms with Crippen molar-refractivity contribution >= 4 is 32.5 Å². The van der Waals surface area contributed by atoms with Gasteiger partial charge >= 0.3 is 6.03 Å². The van der Waals surface area contributed by atoms with Crippen molar-refractivity contribution in [2.75, 3.05) is 17.6 Å². The second-order valence-electron chi connectivity index (χ2n) is 6.62. The van der Waals surface area contributed by atoms with Crippen molar-refractivity contribution in [3.63, 3.8) is 0 Å². The Hall–Kier alpha value is -2.80. The second-order valence-corrected chi connectivity index (χ2v) is 8.67. The summed E-state index contributed by atoms with van der Waals surface area (Å²) in [7, 11) is -3.53. The Morgan fingerprint density at radius 3 is 2.52 bits per heavy atom. The topological polar surface area (TPSA) is 91.1 Å². The molecule has 0 radical (unpaired) electrons. The zero-order valence-electron chi connectivity index (χ0n) is 15.6. The van der Waals surface area contributed by atoms with E-state index >= 15 is 0 Å². The number of fused-ring (bicyclic) bond motifs is 1. The number of hydrogen-bond donors (Lipinski definition) is 3. The van der Waals surface area contributed by atoms with E-state index in [-0.39, 0.29) is 12.3 Å². The number of carbonyl (C=O) groups excluding carboxylic acids is 1. The van der Waals surface area contributed by atoms with E-state index in [0.717, 1.165) is 16.6 Å². The molecule has 0 unspecified atom stereocenters. The Morgan fingerprint density at radius 1 is 1.04 bits per heavy atom. The van der Waals surface area contributed by atoms with Crippen LogP contribution in [0.3, 0.4) is 0 Å². The second kappa shape index (κ2) is 7.44. The molecule has 142 valence electrons. The third-order valence-corrected chi connectivity index (χ3v) is 6.46. The lowest BCUT2D eigenvalue weighted by atomic mass is 10.1. The van der Waals surface area contributed by atoms with Gasteiger partial charge in [-0.3, -0.25) is 0 Å². The number of H-pyrrole nitrogens is 1. The van der Waals surface area contributed by atoms with Crippen molar-refractivity contribution in [3.8, 4) is 0 Å². The first-order chi connectivity index (χ1) is 12.8. The van der Waals surface area contributed by atoms with E-state index in [0.29, 0.717) is 21.7 Å². The number of hydrogen-bond acceptors (Lipinski definition) is 3. The Kier molecular flexibility index (Phi) is 5.23. The fourth-order valence-electron chi connectivity index (χ4n) is 3.05. The molecule has 3 aromatic rings. The van der Waals surface area contributed by atoms with Gasteiger partial charge in [-0.25, -0.2) is 13.2 Å². The molecule has 0 saturated carbocycles. The molecule has 27 heavy (non-hydrogen) atoms. The maximum atomic E-state index is 12.8. The quantitative estimate of drug-likeness (QED) is 0.625. The highest BCUT2D eigenvalue weighted by Gasteiger charge is 2.22. The van der Waals surface area contributed by atoms with Crippen LogP contribution in [0, 0.1) is 20.8 Å². The summed E-state index contributed by atoms with van der Waals surface area (Å²) in [4.78, 5) is 15.4. The van der Waals surface area contributed by atoms with Crippen LogP contribution in [0.2, 0.25) is 0 Å². The smallest absolute Gasteiger partial charge is 0.319 e. The average molecular weight is 385 g/mol. The molecule has 3 rings (SSSR count). The number of benzene rings is 2. The lowest BCUT2D eigenvalue weighted by molar-refractivity contribution is 0.252. The van der Waals surface area contributed by atoms with Crippen LogP contribution < -0.4 is 10.6 Å². The lowest BCUT2D eigenvalue weighted by Crippen LogP contribution is -2.33. The Balaban J connectivity index is 1.64. The number of amides is 2. The van der Waals surface area contributed by atoms with Crippen LogP contribution in [0.1, 0.15) is 16.8 Å². The van der Waals surface area contributed by atoms with Gasteiger partial charge in [0.1, 0.15) is 0 Å². The third-order valence-electron chi connectivity index (χ3n) is 4.57. The number of para-hydroxylation sites is 1. The van der Waals surface area contributed by atoms with Gasteiger partial charge in [-0.15, -0.1) is 0 Å². The van der Waals surface area contributed by atoms with Crippen LogP contribution in [0.15, 0.2) is 47.4 Å². The van der Waals surface area contributed by atoms with Crippen molar-refractivity contribution < 1.29 is 13.2 Å². The molecule has 0 fully saturated rings. The molecule has 1 aromatic heterocycles. The van der Waals surface area contributed by atoms with Crippen molar-refractivity contribution in [2.45, 2.75) is 25.7 Å². The zero-order valence-corrected chi connectivity index (χ0v) is 16.4. The summed E-state index contributed by atoms with van der Waals surface area (Å²) in [5, 5.41) is 6.01. The summed E-state index contributed by atoms with van der Waals surface area (Å²) >= 11 is 0. The molecule has 0 spiro atoms. The van der Waals surface area contributed by atoms with Crippen LogP contribution in [-0.4, -0.2) is 31.7 Å². The third kappa shape index (κ3) is 4.14. The van der Waals surface area contributed by atoms with E-state index in [2.05, 4.69) is 15.6 Å². The number of aryl methyl sites for hydroxylation is 3. The molecule has 1 heterocycles. The molecule has 6 nitrogen and oxygen atoms in total. The molecular formula is C20H23N3O3S. The SMILES string of the molecule is Cc1ccc(NC(=O)NCCS(=O)(=O)c2c(C)[nH]c3ccccc23)cc1C. The van der Waals surface area contributed by atoms with E-state index in [1.807, 2.05) is 50.2 Å². The molecule has 0 aliphatic heterocycles. The van der Waals surface area contributed by atoms with Crippen LogP contribution in [0.5, 0.6) is 0 Å². The largest absolute Gasteiger partial charge is 0.358 e. The average Bonchev–Trinajstić information content (AvgIpc) is 2.94. The molecular weight excluding hydrogens is 362 g/mol. The standard InChI is InChI=1S/C20H23N3O3S/c1-13-8-9-16(12-14(13)2)23-20(24)21-10-11-27(25,26)19-15(3)22-18-7-5-4-6-17(18)19/h4-9,12,22H,10-11H2,1-3H3,(H2,21,23,24). The van der Waals surface area contributed by atoms with Crippen LogP contribution in [0.25, 0.3) is 10.9 Å². The van der Waals surface area contributed by atoms with Gasteiger partial charge in [0.2, 0.25) is 0 Å². The first-order valence-corrected chi connectivity index (χ1v) is 10.4. The van der Waals surface area contributed by atoms with Gasteiger partial charge in [-0.2, -0.15) is 0 Å². The van der Waals surface area contributed by atoms with E-state index in [9.17, 15) is 13.2 Å². The van der Waals surface area contributed by atoms with Gasteiger partial charge in [0.15, 0.2) is 9.84 Å². The first-order valence-electron chi connectivity index (χ1n) is 8.70. The number of aromatic nitrogens is 1. The molecule has 0 aliphatic carbocycles. The van der Waals surface area contributed by atoms with Gasteiger partial charge in [-0.05, 0) is 50.1 Å². The number of urea groups is 1. The molecule has 7 heteroatoms. The monoisotopic (exact) mass is 385 g/mol. The lowest BCUT2D eigenvalue weighted by Gasteiger charge is -2.10. The minimum Gasteiger partial charge on any atom is -0.358 e. The molecule has 0 atom stereocenters. The van der Waals surface area contributed by atoms with Crippen LogP contribution >= 0.6 is 0 Å².